The van der Waals surface area contributed by atoms with E-state index in [0.29, 0.717) is 31.4 Å². The van der Waals surface area contributed by atoms with Gasteiger partial charge >= 0.3 is 0 Å². The highest BCUT2D eigenvalue weighted by molar-refractivity contribution is 5.94. The summed E-state index contributed by atoms with van der Waals surface area (Å²) < 4.78 is 10.8. The van der Waals surface area contributed by atoms with Crippen molar-refractivity contribution in [3.05, 3.63) is 47.8 Å². The molecule has 0 saturated carbocycles. The number of ether oxygens (including phenoxy) is 2. The van der Waals surface area contributed by atoms with Gasteiger partial charge in [0.05, 0.1) is 11.3 Å². The molecule has 0 atom stereocenters. The second-order valence-electron chi connectivity index (χ2n) is 7.99. The number of amides is 1. The van der Waals surface area contributed by atoms with E-state index < -0.39 is 0 Å². The van der Waals surface area contributed by atoms with Crippen LogP contribution in [-0.4, -0.2) is 60.2 Å². The van der Waals surface area contributed by atoms with Crippen molar-refractivity contribution in [3.63, 3.8) is 0 Å². The van der Waals surface area contributed by atoms with Crippen LogP contribution in [0.3, 0.4) is 0 Å². The van der Waals surface area contributed by atoms with E-state index in [1.165, 1.54) is 5.56 Å². The number of rotatable bonds is 6. The number of carbonyl (C=O) groups is 1. The van der Waals surface area contributed by atoms with Crippen LogP contribution in [0.1, 0.15) is 29.8 Å². The Hall–Kier alpha value is -2.80. The number of hydrogen-bond donors (Lipinski definition) is 1. The molecular weight excluding hydrogens is 368 g/mol. The van der Waals surface area contributed by atoms with Gasteiger partial charge in [0.2, 0.25) is 6.79 Å². The van der Waals surface area contributed by atoms with Crippen molar-refractivity contribution < 1.29 is 14.3 Å². The highest BCUT2D eigenvalue weighted by Crippen LogP contribution is 2.32. The molecule has 154 valence electrons. The van der Waals surface area contributed by atoms with Crippen molar-refractivity contribution in [2.75, 3.05) is 44.8 Å². The fourth-order valence-electron chi connectivity index (χ4n) is 3.56. The first-order valence-corrected chi connectivity index (χ1v) is 10.2. The Morgan fingerprint density at radius 1 is 1.10 bits per heavy atom. The van der Waals surface area contributed by atoms with Gasteiger partial charge in [0, 0.05) is 51.7 Å². The maximum Gasteiger partial charge on any atom is 0.255 e. The molecule has 2 aromatic rings. The summed E-state index contributed by atoms with van der Waals surface area (Å²) >= 11 is 0. The van der Waals surface area contributed by atoms with E-state index in [4.69, 9.17) is 9.47 Å². The van der Waals surface area contributed by atoms with Crippen LogP contribution >= 0.6 is 0 Å². The number of pyridine rings is 1. The lowest BCUT2D eigenvalue weighted by molar-refractivity contribution is 0.0628. The molecule has 1 N–H and O–H groups in total. The van der Waals surface area contributed by atoms with Gasteiger partial charge in [-0.3, -0.25) is 14.7 Å². The Kier molecular flexibility index (Phi) is 5.85. The van der Waals surface area contributed by atoms with Gasteiger partial charge in [0.15, 0.2) is 11.5 Å². The first kappa shape index (κ1) is 19.5. The number of piperazine rings is 1. The van der Waals surface area contributed by atoms with Crippen molar-refractivity contribution in [3.8, 4) is 11.5 Å². The van der Waals surface area contributed by atoms with E-state index in [1.807, 2.05) is 23.1 Å². The first-order chi connectivity index (χ1) is 14.1. The topological polar surface area (TPSA) is 66.9 Å². The molecule has 3 heterocycles. The molecule has 1 amide bonds. The van der Waals surface area contributed by atoms with Crippen LogP contribution in [0.25, 0.3) is 0 Å². The molecule has 7 nitrogen and oxygen atoms in total. The molecular formula is C22H28N4O3. The zero-order valence-electron chi connectivity index (χ0n) is 17.1. The SMILES string of the molecule is CC(C)CNc1cncc(C(=O)N2CCN(Cc3ccc4c(c3)OCO4)CC2)c1. The largest absolute Gasteiger partial charge is 0.454 e. The Morgan fingerprint density at radius 3 is 2.69 bits per heavy atom. The molecule has 4 rings (SSSR count). The second-order valence-corrected chi connectivity index (χ2v) is 7.99. The van der Waals surface area contributed by atoms with Crippen molar-refractivity contribution in [1.82, 2.24) is 14.8 Å². The summed E-state index contributed by atoms with van der Waals surface area (Å²) in [7, 11) is 0. The monoisotopic (exact) mass is 396 g/mol. The highest BCUT2D eigenvalue weighted by Gasteiger charge is 2.23. The molecule has 1 fully saturated rings. The predicted octanol–water partition coefficient (Wildman–Crippen LogP) is 2.84. The number of aromatic nitrogens is 1. The lowest BCUT2D eigenvalue weighted by atomic mass is 10.1. The first-order valence-electron chi connectivity index (χ1n) is 10.2. The van der Waals surface area contributed by atoms with Crippen molar-refractivity contribution >= 4 is 11.6 Å². The van der Waals surface area contributed by atoms with Crippen LogP contribution in [0, 0.1) is 5.92 Å². The summed E-state index contributed by atoms with van der Waals surface area (Å²) in [6, 6.07) is 7.98. The minimum atomic E-state index is 0.0495. The average molecular weight is 396 g/mol. The van der Waals surface area contributed by atoms with E-state index in [-0.39, 0.29) is 5.91 Å². The molecule has 1 aromatic carbocycles. The third kappa shape index (κ3) is 4.79. The van der Waals surface area contributed by atoms with Crippen LogP contribution in [0.15, 0.2) is 36.7 Å². The average Bonchev–Trinajstić information content (AvgIpc) is 3.20. The predicted molar refractivity (Wildman–Crippen MR) is 111 cm³/mol. The molecule has 29 heavy (non-hydrogen) atoms. The van der Waals surface area contributed by atoms with E-state index in [0.717, 1.165) is 43.4 Å². The number of carbonyl (C=O) groups excluding carboxylic acids is 1. The van der Waals surface area contributed by atoms with Crippen LogP contribution in [-0.2, 0) is 6.54 Å². The van der Waals surface area contributed by atoms with Gasteiger partial charge in [-0.05, 0) is 29.7 Å². The van der Waals surface area contributed by atoms with Crippen molar-refractivity contribution in [1.29, 1.82) is 0 Å². The normalized spacial score (nSPS) is 16.3. The summed E-state index contributed by atoms with van der Waals surface area (Å²) in [5, 5.41) is 3.33. The van der Waals surface area contributed by atoms with E-state index in [1.54, 1.807) is 12.4 Å². The van der Waals surface area contributed by atoms with Gasteiger partial charge in [-0.15, -0.1) is 0 Å². The van der Waals surface area contributed by atoms with Crippen LogP contribution < -0.4 is 14.8 Å². The zero-order chi connectivity index (χ0) is 20.2. The number of benzene rings is 1. The minimum Gasteiger partial charge on any atom is -0.454 e. The number of fused-ring (bicyclic) bond motifs is 1. The molecule has 7 heteroatoms. The number of anilines is 1. The summed E-state index contributed by atoms with van der Waals surface area (Å²) in [4.78, 5) is 21.4. The van der Waals surface area contributed by atoms with E-state index in [2.05, 4.69) is 35.1 Å². The third-order valence-corrected chi connectivity index (χ3v) is 5.20. The van der Waals surface area contributed by atoms with Gasteiger partial charge in [-0.1, -0.05) is 19.9 Å². The van der Waals surface area contributed by atoms with Crippen LogP contribution in [0.5, 0.6) is 11.5 Å². The van der Waals surface area contributed by atoms with Gasteiger partial charge in [0.25, 0.3) is 5.91 Å². The zero-order valence-corrected chi connectivity index (χ0v) is 17.1. The highest BCUT2D eigenvalue weighted by atomic mass is 16.7. The van der Waals surface area contributed by atoms with E-state index in [9.17, 15) is 4.79 Å². The Morgan fingerprint density at radius 2 is 1.90 bits per heavy atom. The summed E-state index contributed by atoms with van der Waals surface area (Å²) in [5.41, 5.74) is 2.73. The third-order valence-electron chi connectivity index (χ3n) is 5.20. The van der Waals surface area contributed by atoms with Gasteiger partial charge in [-0.25, -0.2) is 0 Å². The quantitative estimate of drug-likeness (QED) is 0.810. The van der Waals surface area contributed by atoms with Crippen LogP contribution in [0.2, 0.25) is 0 Å². The fourth-order valence-corrected chi connectivity index (χ4v) is 3.56. The lowest BCUT2D eigenvalue weighted by Gasteiger charge is -2.34. The molecule has 1 saturated heterocycles. The molecule has 0 spiro atoms. The van der Waals surface area contributed by atoms with Crippen LogP contribution in [0.4, 0.5) is 5.69 Å². The van der Waals surface area contributed by atoms with Crippen molar-refractivity contribution in [2.24, 2.45) is 5.92 Å². The van der Waals surface area contributed by atoms with Gasteiger partial charge < -0.3 is 19.7 Å². The maximum absolute atomic E-state index is 12.9. The van der Waals surface area contributed by atoms with Gasteiger partial charge in [-0.2, -0.15) is 0 Å². The Labute approximate surface area is 171 Å². The lowest BCUT2D eigenvalue weighted by Crippen LogP contribution is -2.48. The Balaban J connectivity index is 1.31. The molecule has 0 bridgehead atoms. The van der Waals surface area contributed by atoms with Crippen molar-refractivity contribution in [2.45, 2.75) is 20.4 Å². The molecule has 0 unspecified atom stereocenters. The summed E-state index contributed by atoms with van der Waals surface area (Å²) in [6.45, 7) is 9.42. The Bertz CT molecular complexity index is 863. The molecule has 2 aliphatic heterocycles. The molecule has 0 aliphatic carbocycles. The minimum absolute atomic E-state index is 0.0495. The van der Waals surface area contributed by atoms with E-state index >= 15 is 0 Å². The molecule has 0 radical (unpaired) electrons. The smallest absolute Gasteiger partial charge is 0.255 e. The fraction of sp³-hybridized carbons (Fsp3) is 0.455. The van der Waals surface area contributed by atoms with Gasteiger partial charge in [0.1, 0.15) is 0 Å². The standard InChI is InChI=1S/C22H28N4O3/c1-16(2)11-24-19-10-18(12-23-13-19)22(27)26-7-5-25(6-8-26)14-17-3-4-20-21(9-17)29-15-28-20/h3-4,9-10,12-13,16,24H,5-8,11,14-15H2,1-2H3. The molecule has 2 aliphatic rings. The summed E-state index contributed by atoms with van der Waals surface area (Å²) in [6.07, 6.45) is 3.42. The number of hydrogen-bond acceptors (Lipinski definition) is 6. The maximum atomic E-state index is 12.9. The summed E-state index contributed by atoms with van der Waals surface area (Å²) in [5.74, 6) is 2.21. The second kappa shape index (κ2) is 8.69. The number of nitrogens with zero attached hydrogens (tertiary/aromatic N) is 3. The number of nitrogens with one attached hydrogen (secondary N) is 1. The molecule has 1 aromatic heterocycles.